The Morgan fingerprint density at radius 1 is 1.15 bits per heavy atom. The quantitative estimate of drug-likeness (QED) is 0.380. The van der Waals surface area contributed by atoms with E-state index < -0.39 is 0 Å². The van der Waals surface area contributed by atoms with Crippen molar-refractivity contribution in [2.45, 2.75) is 39.4 Å². The van der Waals surface area contributed by atoms with Crippen molar-refractivity contribution in [3.05, 3.63) is 65.5 Å². The number of hydrogen-bond donors (Lipinski definition) is 2. The first-order valence-electron chi connectivity index (χ1n) is 9.49. The van der Waals surface area contributed by atoms with Crippen molar-refractivity contribution in [3.63, 3.8) is 0 Å². The van der Waals surface area contributed by atoms with Crippen LogP contribution in [-0.2, 0) is 19.5 Å². The molecule has 0 saturated heterocycles. The Hall–Kier alpha value is -1.67. The molecule has 0 spiro atoms. The highest BCUT2D eigenvalue weighted by molar-refractivity contribution is 14.0. The molecule has 0 radical (unpaired) electrons. The number of halogens is 1. The molecule has 0 aliphatic carbocycles. The van der Waals surface area contributed by atoms with Gasteiger partial charge in [-0.05, 0) is 43.5 Å². The van der Waals surface area contributed by atoms with E-state index in [2.05, 4.69) is 63.6 Å². The number of hydrogen-bond acceptors (Lipinski definition) is 3. The van der Waals surface area contributed by atoms with E-state index in [1.807, 2.05) is 24.4 Å². The molecule has 2 N–H and O–H groups in total. The zero-order valence-electron chi connectivity index (χ0n) is 16.2. The van der Waals surface area contributed by atoms with Gasteiger partial charge in [0.1, 0.15) is 0 Å². The first-order chi connectivity index (χ1) is 12.8. The molecule has 0 bridgehead atoms. The number of nitrogens with zero attached hydrogens (tertiary/aromatic N) is 3. The van der Waals surface area contributed by atoms with Gasteiger partial charge in [-0.25, -0.2) is 4.99 Å². The van der Waals surface area contributed by atoms with Gasteiger partial charge in [-0.15, -0.1) is 24.0 Å². The summed E-state index contributed by atoms with van der Waals surface area (Å²) in [6.45, 7) is 8.81. The molecule has 3 rings (SSSR count). The molecule has 5 nitrogen and oxygen atoms in total. The third-order valence-electron chi connectivity index (χ3n) is 4.82. The van der Waals surface area contributed by atoms with Crippen LogP contribution in [0.2, 0.25) is 0 Å². The van der Waals surface area contributed by atoms with Crippen molar-refractivity contribution in [1.29, 1.82) is 0 Å². The van der Waals surface area contributed by atoms with Crippen LogP contribution in [0.5, 0.6) is 0 Å². The normalized spacial score (nSPS) is 15.4. The van der Waals surface area contributed by atoms with Gasteiger partial charge in [0.25, 0.3) is 0 Å². The lowest BCUT2D eigenvalue weighted by Gasteiger charge is -2.34. The Morgan fingerprint density at radius 2 is 1.93 bits per heavy atom. The van der Waals surface area contributed by atoms with E-state index in [1.165, 1.54) is 11.1 Å². The molecule has 146 valence electrons. The molecular weight excluding hydrogens is 449 g/mol. The molecule has 6 heteroatoms. The fourth-order valence-electron chi connectivity index (χ4n) is 3.26. The molecule has 2 aromatic rings. The summed E-state index contributed by atoms with van der Waals surface area (Å²) in [7, 11) is 0. The van der Waals surface area contributed by atoms with Crippen molar-refractivity contribution in [3.8, 4) is 0 Å². The molecule has 0 amide bonds. The highest BCUT2D eigenvalue weighted by Crippen LogP contribution is 2.19. The van der Waals surface area contributed by atoms with Crippen LogP contribution in [0, 0.1) is 0 Å². The summed E-state index contributed by atoms with van der Waals surface area (Å²) < 4.78 is 0. The second kappa shape index (κ2) is 11.2. The summed E-state index contributed by atoms with van der Waals surface area (Å²) in [6.07, 6.45) is 2.94. The number of pyridine rings is 1. The van der Waals surface area contributed by atoms with Gasteiger partial charge in [0.05, 0.1) is 12.2 Å². The van der Waals surface area contributed by atoms with Crippen molar-refractivity contribution in [1.82, 2.24) is 20.5 Å². The van der Waals surface area contributed by atoms with Gasteiger partial charge in [0, 0.05) is 38.4 Å². The number of rotatable bonds is 6. The summed E-state index contributed by atoms with van der Waals surface area (Å²) in [4.78, 5) is 11.5. The fraction of sp³-hybridized carbons (Fsp3) is 0.429. The van der Waals surface area contributed by atoms with Gasteiger partial charge in [-0.2, -0.15) is 0 Å². The number of guanidine groups is 1. The van der Waals surface area contributed by atoms with E-state index in [0.29, 0.717) is 12.6 Å². The Kier molecular flexibility index (Phi) is 9.00. The van der Waals surface area contributed by atoms with Gasteiger partial charge in [-0.3, -0.25) is 9.88 Å². The minimum Gasteiger partial charge on any atom is -0.357 e. The summed E-state index contributed by atoms with van der Waals surface area (Å²) in [5, 5.41) is 6.80. The monoisotopic (exact) mass is 479 g/mol. The average Bonchev–Trinajstić information content (AvgIpc) is 2.70. The maximum atomic E-state index is 4.65. The maximum Gasteiger partial charge on any atom is 0.191 e. The Balaban J connectivity index is 0.00000261. The standard InChI is InChI=1S/C21H29N5.HI/c1-3-22-21(25-15-20-10-6-7-12-23-20)24-14-17(2)26-13-11-18-8-4-5-9-19(18)16-26;/h4-10,12,17H,3,11,13-16H2,1-2H3,(H2,22,24,25);1H. The molecule has 1 unspecified atom stereocenters. The highest BCUT2D eigenvalue weighted by Gasteiger charge is 2.20. The average molecular weight is 479 g/mol. The molecule has 27 heavy (non-hydrogen) atoms. The smallest absolute Gasteiger partial charge is 0.191 e. The molecule has 1 aliphatic heterocycles. The lowest BCUT2D eigenvalue weighted by molar-refractivity contribution is 0.191. The molecule has 2 heterocycles. The van der Waals surface area contributed by atoms with Crippen molar-refractivity contribution < 1.29 is 0 Å². The van der Waals surface area contributed by atoms with E-state index >= 15 is 0 Å². The minimum absolute atomic E-state index is 0. The molecular formula is C21H30IN5. The predicted molar refractivity (Wildman–Crippen MR) is 122 cm³/mol. The molecule has 1 atom stereocenters. The summed E-state index contributed by atoms with van der Waals surface area (Å²) in [6, 6.07) is 15.1. The Labute approximate surface area is 179 Å². The van der Waals surface area contributed by atoms with Crippen LogP contribution >= 0.6 is 24.0 Å². The number of benzene rings is 1. The third kappa shape index (κ3) is 6.46. The van der Waals surface area contributed by atoms with Crippen molar-refractivity contribution in [2.75, 3.05) is 19.6 Å². The number of aromatic nitrogens is 1. The number of fused-ring (bicyclic) bond motifs is 1. The fourth-order valence-corrected chi connectivity index (χ4v) is 3.26. The van der Waals surface area contributed by atoms with Gasteiger partial charge >= 0.3 is 0 Å². The van der Waals surface area contributed by atoms with Crippen LogP contribution in [0.3, 0.4) is 0 Å². The molecule has 1 aromatic heterocycles. The number of nitrogens with one attached hydrogen (secondary N) is 2. The SMILES string of the molecule is CCNC(=NCc1ccccn1)NCC(C)N1CCc2ccccc2C1.I. The van der Waals surface area contributed by atoms with E-state index in [1.54, 1.807) is 0 Å². The second-order valence-corrected chi connectivity index (χ2v) is 6.74. The molecule has 0 fully saturated rings. The van der Waals surface area contributed by atoms with Crippen molar-refractivity contribution in [2.24, 2.45) is 4.99 Å². The van der Waals surface area contributed by atoms with Gasteiger partial charge in [0.2, 0.25) is 0 Å². The Bertz CT molecular complexity index is 720. The first-order valence-corrected chi connectivity index (χ1v) is 9.49. The summed E-state index contributed by atoms with van der Waals surface area (Å²) in [5.41, 5.74) is 3.93. The highest BCUT2D eigenvalue weighted by atomic mass is 127. The van der Waals surface area contributed by atoms with Crippen LogP contribution in [0.25, 0.3) is 0 Å². The predicted octanol–water partition coefficient (Wildman–Crippen LogP) is 3.20. The van der Waals surface area contributed by atoms with Crippen LogP contribution in [0.15, 0.2) is 53.7 Å². The van der Waals surface area contributed by atoms with Gasteiger partial charge in [-0.1, -0.05) is 30.3 Å². The zero-order chi connectivity index (χ0) is 18.2. The van der Waals surface area contributed by atoms with Crippen LogP contribution in [0.1, 0.15) is 30.7 Å². The second-order valence-electron chi connectivity index (χ2n) is 6.74. The summed E-state index contributed by atoms with van der Waals surface area (Å²) in [5.74, 6) is 0.849. The third-order valence-corrected chi connectivity index (χ3v) is 4.82. The zero-order valence-corrected chi connectivity index (χ0v) is 18.5. The first kappa shape index (κ1) is 21.6. The van der Waals surface area contributed by atoms with E-state index in [-0.39, 0.29) is 24.0 Å². The number of aliphatic imine (C=N–C) groups is 1. The van der Waals surface area contributed by atoms with Crippen LogP contribution in [0.4, 0.5) is 0 Å². The van der Waals surface area contributed by atoms with Gasteiger partial charge < -0.3 is 10.6 Å². The molecule has 0 saturated carbocycles. The van der Waals surface area contributed by atoms with E-state index in [4.69, 9.17) is 0 Å². The van der Waals surface area contributed by atoms with E-state index in [0.717, 1.165) is 44.3 Å². The molecule has 1 aromatic carbocycles. The minimum atomic E-state index is 0. The van der Waals surface area contributed by atoms with Crippen LogP contribution in [-0.4, -0.2) is 41.5 Å². The lowest BCUT2D eigenvalue weighted by Crippen LogP contribution is -2.47. The van der Waals surface area contributed by atoms with Crippen molar-refractivity contribution >= 4 is 29.9 Å². The van der Waals surface area contributed by atoms with Crippen LogP contribution < -0.4 is 10.6 Å². The molecule has 1 aliphatic rings. The van der Waals surface area contributed by atoms with E-state index in [9.17, 15) is 0 Å². The summed E-state index contributed by atoms with van der Waals surface area (Å²) >= 11 is 0. The largest absolute Gasteiger partial charge is 0.357 e. The van der Waals surface area contributed by atoms with Gasteiger partial charge in [0.15, 0.2) is 5.96 Å². The maximum absolute atomic E-state index is 4.65. The topological polar surface area (TPSA) is 52.6 Å². The Morgan fingerprint density at radius 3 is 2.67 bits per heavy atom. The lowest BCUT2D eigenvalue weighted by atomic mass is 9.99.